The normalized spacial score (nSPS) is 24.8. The van der Waals surface area contributed by atoms with Gasteiger partial charge in [-0.1, -0.05) is 12.2 Å². The lowest BCUT2D eigenvalue weighted by Crippen LogP contribution is -2.29. The van der Waals surface area contributed by atoms with Gasteiger partial charge in [0.15, 0.2) is 0 Å². The molecule has 0 radical (unpaired) electrons. The first kappa shape index (κ1) is 9.54. The predicted molar refractivity (Wildman–Crippen MR) is 58.5 cm³/mol. The fraction of sp³-hybridized carbons (Fsp3) is 0.333. The average Bonchev–Trinajstić information content (AvgIpc) is 2.56. The molecule has 0 aromatic heterocycles. The van der Waals surface area contributed by atoms with E-state index in [-0.39, 0.29) is 0 Å². The molecule has 4 heteroatoms. The minimum atomic E-state index is -0.497. The summed E-state index contributed by atoms with van der Waals surface area (Å²) in [5.41, 5.74) is 3.64. The molecule has 1 fully saturated rings. The van der Waals surface area contributed by atoms with Gasteiger partial charge in [0.05, 0.1) is 5.70 Å². The van der Waals surface area contributed by atoms with Gasteiger partial charge >= 0.3 is 0 Å². The highest BCUT2D eigenvalue weighted by Crippen LogP contribution is 2.33. The Morgan fingerprint density at radius 3 is 2.94 bits per heavy atom. The third kappa shape index (κ3) is 1.20. The van der Waals surface area contributed by atoms with Gasteiger partial charge in [0.1, 0.15) is 0 Å². The lowest BCUT2D eigenvalue weighted by molar-refractivity contribution is -0.133. The minimum Gasteiger partial charge on any atom is -0.318 e. The van der Waals surface area contributed by atoms with Crippen LogP contribution in [0.15, 0.2) is 34.6 Å². The van der Waals surface area contributed by atoms with E-state index in [1.165, 1.54) is 5.57 Å². The summed E-state index contributed by atoms with van der Waals surface area (Å²) in [5, 5.41) is 2.68. The number of allylic oxidation sites excluding steroid dienone is 2. The number of rotatable bonds is 0. The highest BCUT2D eigenvalue weighted by molar-refractivity contribution is 6.47. The maximum absolute atomic E-state index is 11.5. The minimum absolute atomic E-state index is 0.394. The third-order valence-corrected chi connectivity index (χ3v) is 3.25. The Balaban J connectivity index is 2.13. The van der Waals surface area contributed by atoms with Crippen molar-refractivity contribution in [2.45, 2.75) is 6.42 Å². The molecule has 16 heavy (non-hydrogen) atoms. The summed E-state index contributed by atoms with van der Waals surface area (Å²) in [6, 6.07) is 0. The predicted octanol–water partition coefficient (Wildman–Crippen LogP) is 0.141. The lowest BCUT2D eigenvalue weighted by Gasteiger charge is -2.28. The Morgan fingerprint density at radius 2 is 2.12 bits per heavy atom. The molecule has 0 unspecified atom stereocenters. The van der Waals surface area contributed by atoms with E-state index in [0.717, 1.165) is 30.8 Å². The van der Waals surface area contributed by atoms with E-state index in [1.807, 2.05) is 13.1 Å². The zero-order chi connectivity index (χ0) is 11.3. The van der Waals surface area contributed by atoms with Crippen LogP contribution in [0.3, 0.4) is 0 Å². The Labute approximate surface area is 93.3 Å². The number of nitrogens with one attached hydrogen (secondary N) is 1. The van der Waals surface area contributed by atoms with Crippen molar-refractivity contribution in [1.29, 1.82) is 0 Å². The monoisotopic (exact) mass is 216 g/mol. The number of carbonyl (C=O) groups excluding carboxylic acids is 2. The number of hydrogen-bond donors (Lipinski definition) is 1. The van der Waals surface area contributed by atoms with Crippen LogP contribution in [0, 0.1) is 0 Å². The second kappa shape index (κ2) is 3.15. The molecule has 0 bridgehead atoms. The van der Waals surface area contributed by atoms with Gasteiger partial charge in [0.25, 0.3) is 11.7 Å². The van der Waals surface area contributed by atoms with Crippen LogP contribution < -0.4 is 5.32 Å². The smallest absolute Gasteiger partial charge is 0.296 e. The summed E-state index contributed by atoms with van der Waals surface area (Å²) in [5.74, 6) is -0.891. The van der Waals surface area contributed by atoms with E-state index in [9.17, 15) is 9.59 Å². The Hall–Kier alpha value is -1.68. The topological polar surface area (TPSA) is 49.4 Å². The maximum Gasteiger partial charge on any atom is 0.296 e. The molecule has 2 aliphatic heterocycles. The van der Waals surface area contributed by atoms with Crippen LogP contribution in [0.2, 0.25) is 0 Å². The molecule has 1 aliphatic carbocycles. The second-order valence-electron chi connectivity index (χ2n) is 4.38. The van der Waals surface area contributed by atoms with Crippen molar-refractivity contribution in [3.05, 3.63) is 34.6 Å². The molecular weight excluding hydrogens is 204 g/mol. The van der Waals surface area contributed by atoms with Gasteiger partial charge in [-0.05, 0) is 24.6 Å². The zero-order valence-corrected chi connectivity index (χ0v) is 9.04. The molecule has 0 aromatic carbocycles. The molecule has 1 saturated heterocycles. The first-order chi connectivity index (χ1) is 7.66. The van der Waals surface area contributed by atoms with Crippen molar-refractivity contribution in [3.8, 4) is 0 Å². The average molecular weight is 216 g/mol. The van der Waals surface area contributed by atoms with Crippen molar-refractivity contribution in [2.24, 2.45) is 0 Å². The lowest BCUT2D eigenvalue weighted by atomic mass is 9.89. The Bertz CT molecular complexity index is 497. The van der Waals surface area contributed by atoms with E-state index in [2.05, 4.69) is 16.3 Å². The van der Waals surface area contributed by atoms with Crippen LogP contribution in [0.1, 0.15) is 6.42 Å². The quantitative estimate of drug-likeness (QED) is 0.586. The van der Waals surface area contributed by atoms with Crippen molar-refractivity contribution < 1.29 is 9.59 Å². The van der Waals surface area contributed by atoms with Crippen molar-refractivity contribution in [2.75, 3.05) is 20.1 Å². The van der Waals surface area contributed by atoms with Gasteiger partial charge in [0, 0.05) is 18.7 Å². The van der Waals surface area contributed by atoms with Crippen molar-refractivity contribution in [1.82, 2.24) is 10.2 Å². The molecule has 0 saturated carbocycles. The van der Waals surface area contributed by atoms with E-state index in [4.69, 9.17) is 0 Å². The molecule has 3 aliphatic rings. The molecule has 82 valence electrons. The van der Waals surface area contributed by atoms with E-state index >= 15 is 0 Å². The molecule has 1 amide bonds. The molecule has 4 nitrogen and oxygen atoms in total. The number of carbonyl (C=O) groups is 2. The molecule has 0 spiro atoms. The molecular formula is C12H12N2O2. The summed E-state index contributed by atoms with van der Waals surface area (Å²) in [4.78, 5) is 25.0. The van der Waals surface area contributed by atoms with E-state index in [1.54, 1.807) is 0 Å². The van der Waals surface area contributed by atoms with Crippen molar-refractivity contribution in [3.63, 3.8) is 0 Å². The van der Waals surface area contributed by atoms with Crippen LogP contribution in [-0.4, -0.2) is 36.7 Å². The molecule has 0 aromatic rings. The molecule has 3 rings (SSSR count). The number of likely N-dealkylation sites (N-methyl/N-ethyl adjacent to an activating group) is 1. The Morgan fingerprint density at radius 1 is 1.31 bits per heavy atom. The van der Waals surface area contributed by atoms with Gasteiger partial charge in [-0.3, -0.25) is 14.5 Å². The highest BCUT2D eigenvalue weighted by Gasteiger charge is 2.36. The number of Topliss-reactive ketones (excluding diaryl/α,β-unsaturated/α-hetero) is 1. The summed E-state index contributed by atoms with van der Waals surface area (Å²) in [6.45, 7) is 1.73. The number of hydrogen-bond acceptors (Lipinski definition) is 3. The molecule has 2 heterocycles. The van der Waals surface area contributed by atoms with Gasteiger partial charge < -0.3 is 5.32 Å². The summed E-state index contributed by atoms with van der Waals surface area (Å²) < 4.78 is 0. The van der Waals surface area contributed by atoms with Crippen LogP contribution >= 0.6 is 0 Å². The zero-order valence-electron chi connectivity index (χ0n) is 9.04. The number of nitrogens with zero attached hydrogens (tertiary/aromatic N) is 1. The van der Waals surface area contributed by atoms with Gasteiger partial charge in [-0.2, -0.15) is 0 Å². The highest BCUT2D eigenvalue weighted by atomic mass is 16.2. The number of amides is 1. The standard InChI is InChI=1S/C12H12N2O2/c1-14-5-4-7-2-3-8-10(9(7)6-14)13-12(16)11(8)15/h3-4H,2,5-6H2,1H3,(H,13,16). The largest absolute Gasteiger partial charge is 0.318 e. The first-order valence-corrected chi connectivity index (χ1v) is 5.34. The van der Waals surface area contributed by atoms with Gasteiger partial charge in [-0.25, -0.2) is 0 Å². The van der Waals surface area contributed by atoms with E-state index in [0.29, 0.717) is 5.57 Å². The van der Waals surface area contributed by atoms with Crippen LogP contribution in [0.25, 0.3) is 0 Å². The summed E-state index contributed by atoms with van der Waals surface area (Å²) in [6.07, 6.45) is 4.78. The SMILES string of the molecule is CN1CC=C2CC=C3C(=O)C(=O)NC3=C2C1. The number of ketones is 1. The molecule has 1 N–H and O–H groups in total. The molecule has 0 atom stereocenters. The van der Waals surface area contributed by atoms with Crippen molar-refractivity contribution >= 4 is 11.7 Å². The Kier molecular flexibility index (Phi) is 1.88. The second-order valence-corrected chi connectivity index (χ2v) is 4.38. The van der Waals surface area contributed by atoms with Crippen LogP contribution in [0.5, 0.6) is 0 Å². The number of fused-ring (bicyclic) bond motifs is 2. The summed E-state index contributed by atoms with van der Waals surface area (Å²) in [7, 11) is 2.03. The fourth-order valence-electron chi connectivity index (χ4n) is 2.39. The maximum atomic E-state index is 11.5. The van der Waals surface area contributed by atoms with Gasteiger partial charge in [0.2, 0.25) is 0 Å². The fourth-order valence-corrected chi connectivity index (χ4v) is 2.39. The van der Waals surface area contributed by atoms with E-state index < -0.39 is 11.7 Å². The summed E-state index contributed by atoms with van der Waals surface area (Å²) >= 11 is 0. The third-order valence-electron chi connectivity index (χ3n) is 3.25. The first-order valence-electron chi connectivity index (χ1n) is 5.34. The van der Waals surface area contributed by atoms with Gasteiger partial charge in [-0.15, -0.1) is 0 Å². The van der Waals surface area contributed by atoms with Crippen LogP contribution in [-0.2, 0) is 9.59 Å². The van der Waals surface area contributed by atoms with Crippen LogP contribution in [0.4, 0.5) is 0 Å².